The lowest BCUT2D eigenvalue weighted by Crippen LogP contribution is -2.29. The number of nitrogens with zero attached hydrogens (tertiary/aromatic N) is 4. The first-order chi connectivity index (χ1) is 11.0. The molecule has 0 aliphatic heterocycles. The summed E-state index contributed by atoms with van der Waals surface area (Å²) in [6.07, 6.45) is 7.05. The lowest BCUT2D eigenvalue weighted by atomic mass is 10.2. The Bertz CT molecular complexity index is 732. The van der Waals surface area contributed by atoms with E-state index in [1.165, 1.54) is 10.9 Å². The van der Waals surface area contributed by atoms with E-state index in [0.29, 0.717) is 17.8 Å². The number of carbonyl (C=O) groups is 1. The van der Waals surface area contributed by atoms with Crippen LogP contribution in [0.3, 0.4) is 0 Å². The molecular formula is C16H23N5O2. The van der Waals surface area contributed by atoms with Crippen LogP contribution < -0.4 is 10.9 Å². The van der Waals surface area contributed by atoms with Crippen LogP contribution in [-0.4, -0.2) is 31.6 Å². The number of aryl methyl sites for hydroxylation is 3. The van der Waals surface area contributed by atoms with E-state index < -0.39 is 0 Å². The van der Waals surface area contributed by atoms with Gasteiger partial charge in [-0.2, -0.15) is 0 Å². The molecule has 0 aromatic carbocycles. The number of aromatic nitrogens is 4. The molecule has 1 amide bonds. The van der Waals surface area contributed by atoms with Crippen molar-refractivity contribution in [1.82, 2.24) is 24.4 Å². The third-order valence-electron chi connectivity index (χ3n) is 3.80. The van der Waals surface area contributed by atoms with Crippen molar-refractivity contribution in [3.05, 3.63) is 46.2 Å². The maximum atomic E-state index is 12.0. The van der Waals surface area contributed by atoms with E-state index in [9.17, 15) is 9.59 Å². The first kappa shape index (κ1) is 16.9. The standard InChI is InChI=1S/C16H23N5O2/c1-4-14-17-7-9-21(14)8-5-6-18-15(22)10-13-12(2)16(23)20(3)11-19-13/h7,9,11H,4-6,8,10H2,1-3H3,(H,18,22). The molecule has 23 heavy (non-hydrogen) atoms. The van der Waals surface area contributed by atoms with Crippen LogP contribution in [0.2, 0.25) is 0 Å². The summed E-state index contributed by atoms with van der Waals surface area (Å²) in [6.45, 7) is 5.18. The summed E-state index contributed by atoms with van der Waals surface area (Å²) in [5, 5.41) is 2.87. The molecule has 1 N–H and O–H groups in total. The van der Waals surface area contributed by atoms with E-state index >= 15 is 0 Å². The first-order valence-corrected chi connectivity index (χ1v) is 7.80. The molecule has 0 saturated heterocycles. The van der Waals surface area contributed by atoms with Crippen LogP contribution in [-0.2, 0) is 31.2 Å². The van der Waals surface area contributed by atoms with Gasteiger partial charge in [0.05, 0.1) is 18.4 Å². The topological polar surface area (TPSA) is 81.8 Å². The number of imidazole rings is 1. The van der Waals surface area contributed by atoms with Crippen LogP contribution in [0.4, 0.5) is 0 Å². The maximum Gasteiger partial charge on any atom is 0.256 e. The highest BCUT2D eigenvalue weighted by Gasteiger charge is 2.10. The number of carbonyl (C=O) groups excluding carboxylic acids is 1. The molecule has 2 aromatic heterocycles. The van der Waals surface area contributed by atoms with Gasteiger partial charge in [-0.1, -0.05) is 6.92 Å². The molecule has 0 radical (unpaired) electrons. The zero-order chi connectivity index (χ0) is 16.8. The lowest BCUT2D eigenvalue weighted by Gasteiger charge is -2.09. The summed E-state index contributed by atoms with van der Waals surface area (Å²) in [4.78, 5) is 32.2. The van der Waals surface area contributed by atoms with E-state index in [1.54, 1.807) is 20.2 Å². The third kappa shape index (κ3) is 4.28. The van der Waals surface area contributed by atoms with Gasteiger partial charge in [-0.15, -0.1) is 0 Å². The summed E-state index contributed by atoms with van der Waals surface area (Å²) in [5.41, 5.74) is 0.944. The Kier molecular flexibility index (Phi) is 5.67. The molecule has 7 heteroatoms. The largest absolute Gasteiger partial charge is 0.356 e. The number of hydrogen-bond acceptors (Lipinski definition) is 4. The second kappa shape index (κ2) is 7.71. The van der Waals surface area contributed by atoms with Gasteiger partial charge in [0.2, 0.25) is 5.91 Å². The van der Waals surface area contributed by atoms with E-state index in [1.807, 2.05) is 6.20 Å². The first-order valence-electron chi connectivity index (χ1n) is 7.80. The molecule has 0 aliphatic carbocycles. The van der Waals surface area contributed by atoms with Crippen LogP contribution in [0, 0.1) is 6.92 Å². The molecule has 0 spiro atoms. The number of rotatable bonds is 7. The normalized spacial score (nSPS) is 10.7. The van der Waals surface area contributed by atoms with Gasteiger partial charge in [0, 0.05) is 44.5 Å². The molecule has 7 nitrogen and oxygen atoms in total. The van der Waals surface area contributed by atoms with E-state index in [0.717, 1.165) is 25.2 Å². The van der Waals surface area contributed by atoms with Gasteiger partial charge in [-0.3, -0.25) is 9.59 Å². The van der Waals surface area contributed by atoms with Crippen molar-refractivity contribution < 1.29 is 4.79 Å². The SMILES string of the molecule is CCc1nccn1CCCNC(=O)Cc1ncn(C)c(=O)c1C. The average Bonchev–Trinajstić information content (AvgIpc) is 2.99. The van der Waals surface area contributed by atoms with Gasteiger partial charge in [0.15, 0.2) is 0 Å². The highest BCUT2D eigenvalue weighted by atomic mass is 16.1. The molecule has 0 unspecified atom stereocenters. The monoisotopic (exact) mass is 317 g/mol. The predicted octanol–water partition coefficient (Wildman–Crippen LogP) is 0.597. The zero-order valence-corrected chi connectivity index (χ0v) is 13.9. The van der Waals surface area contributed by atoms with Gasteiger partial charge in [-0.25, -0.2) is 9.97 Å². The minimum atomic E-state index is -0.116. The molecule has 0 bridgehead atoms. The quantitative estimate of drug-likeness (QED) is 0.758. The second-order valence-electron chi connectivity index (χ2n) is 5.50. The second-order valence-corrected chi connectivity index (χ2v) is 5.50. The summed E-state index contributed by atoms with van der Waals surface area (Å²) in [7, 11) is 1.65. The Labute approximate surface area is 135 Å². The van der Waals surface area contributed by atoms with E-state index in [-0.39, 0.29) is 17.9 Å². The zero-order valence-electron chi connectivity index (χ0n) is 13.9. The summed E-state index contributed by atoms with van der Waals surface area (Å²) in [6, 6.07) is 0. The fourth-order valence-electron chi connectivity index (χ4n) is 2.42. The Balaban J connectivity index is 1.80. The predicted molar refractivity (Wildman–Crippen MR) is 87.2 cm³/mol. The molecule has 2 rings (SSSR count). The van der Waals surface area contributed by atoms with Gasteiger partial charge in [0.1, 0.15) is 5.82 Å². The van der Waals surface area contributed by atoms with Gasteiger partial charge < -0.3 is 14.5 Å². The van der Waals surface area contributed by atoms with Crippen LogP contribution in [0.25, 0.3) is 0 Å². The molecule has 0 aliphatic rings. The van der Waals surface area contributed by atoms with E-state index in [2.05, 4.69) is 26.8 Å². The smallest absolute Gasteiger partial charge is 0.256 e. The Morgan fingerprint density at radius 2 is 2.13 bits per heavy atom. The van der Waals surface area contributed by atoms with Crippen molar-refractivity contribution in [2.24, 2.45) is 7.05 Å². The van der Waals surface area contributed by atoms with Crippen LogP contribution >= 0.6 is 0 Å². The lowest BCUT2D eigenvalue weighted by molar-refractivity contribution is -0.120. The molecular weight excluding hydrogens is 294 g/mol. The Hall–Kier alpha value is -2.44. The minimum absolute atomic E-state index is 0.116. The average molecular weight is 317 g/mol. The summed E-state index contributed by atoms with van der Waals surface area (Å²) >= 11 is 0. The minimum Gasteiger partial charge on any atom is -0.356 e. The van der Waals surface area contributed by atoms with Crippen molar-refractivity contribution >= 4 is 5.91 Å². The molecule has 2 heterocycles. The maximum absolute atomic E-state index is 12.0. The van der Waals surface area contributed by atoms with Crippen molar-refractivity contribution in [3.63, 3.8) is 0 Å². The van der Waals surface area contributed by atoms with Crippen LogP contribution in [0.15, 0.2) is 23.5 Å². The molecule has 0 atom stereocenters. The summed E-state index contributed by atoms with van der Waals surface area (Å²) < 4.78 is 3.51. The van der Waals surface area contributed by atoms with Gasteiger partial charge >= 0.3 is 0 Å². The van der Waals surface area contributed by atoms with Crippen molar-refractivity contribution in [3.8, 4) is 0 Å². The summed E-state index contributed by atoms with van der Waals surface area (Å²) in [5.74, 6) is 0.937. The highest BCUT2D eigenvalue weighted by molar-refractivity contribution is 5.78. The number of hydrogen-bond donors (Lipinski definition) is 1. The fraction of sp³-hybridized carbons (Fsp3) is 0.500. The number of nitrogens with one attached hydrogen (secondary N) is 1. The van der Waals surface area contributed by atoms with Crippen molar-refractivity contribution in [1.29, 1.82) is 0 Å². The fourth-order valence-corrected chi connectivity index (χ4v) is 2.42. The number of amides is 1. The molecule has 124 valence electrons. The van der Waals surface area contributed by atoms with Crippen LogP contribution in [0.1, 0.15) is 30.4 Å². The van der Waals surface area contributed by atoms with Gasteiger partial charge in [-0.05, 0) is 13.3 Å². The van der Waals surface area contributed by atoms with Crippen molar-refractivity contribution in [2.75, 3.05) is 6.54 Å². The van der Waals surface area contributed by atoms with E-state index in [4.69, 9.17) is 0 Å². The molecule has 0 saturated carbocycles. The Morgan fingerprint density at radius 3 is 2.87 bits per heavy atom. The van der Waals surface area contributed by atoms with Gasteiger partial charge in [0.25, 0.3) is 5.56 Å². The van der Waals surface area contributed by atoms with Crippen LogP contribution in [0.5, 0.6) is 0 Å². The molecule has 2 aromatic rings. The highest BCUT2D eigenvalue weighted by Crippen LogP contribution is 2.01. The van der Waals surface area contributed by atoms with Crippen molar-refractivity contribution in [2.45, 2.75) is 39.7 Å². The molecule has 0 fully saturated rings. The third-order valence-corrected chi connectivity index (χ3v) is 3.80. The Morgan fingerprint density at radius 1 is 1.35 bits per heavy atom.